The Labute approximate surface area is 155 Å². The number of benzene rings is 1. The van der Waals surface area contributed by atoms with Crippen LogP contribution in [0.1, 0.15) is 30.4 Å². The summed E-state index contributed by atoms with van der Waals surface area (Å²) in [4.78, 5) is 31.7. The molecule has 0 spiro atoms. The lowest BCUT2D eigenvalue weighted by molar-refractivity contribution is -0.198. The zero-order chi connectivity index (χ0) is 19.4. The van der Waals surface area contributed by atoms with Crippen LogP contribution in [0.2, 0.25) is 0 Å². The van der Waals surface area contributed by atoms with Crippen molar-refractivity contribution in [3.05, 3.63) is 35.4 Å². The Hall–Kier alpha value is -2.13. The van der Waals surface area contributed by atoms with Gasteiger partial charge in [0.05, 0.1) is 24.6 Å². The molecular formula is C18H22F3N3O3. The molecule has 1 aromatic carbocycles. The van der Waals surface area contributed by atoms with Crippen molar-refractivity contribution >= 4 is 11.8 Å². The fraction of sp³-hybridized carbons (Fsp3) is 0.556. The van der Waals surface area contributed by atoms with Gasteiger partial charge in [0.1, 0.15) is 0 Å². The van der Waals surface area contributed by atoms with E-state index in [1.54, 1.807) is 4.90 Å². The molecule has 27 heavy (non-hydrogen) atoms. The first kappa shape index (κ1) is 19.6. The van der Waals surface area contributed by atoms with Crippen molar-refractivity contribution in [3.8, 4) is 0 Å². The average molecular weight is 385 g/mol. The number of nitrogens with one attached hydrogen (secondary N) is 1. The van der Waals surface area contributed by atoms with Crippen molar-refractivity contribution in [2.75, 3.05) is 26.2 Å². The van der Waals surface area contributed by atoms with Gasteiger partial charge in [-0.15, -0.1) is 0 Å². The minimum atomic E-state index is -4.47. The van der Waals surface area contributed by atoms with Crippen molar-refractivity contribution in [1.29, 1.82) is 0 Å². The smallest absolute Gasteiger partial charge is 0.353 e. The molecule has 0 bridgehead atoms. The maximum atomic E-state index is 13.3. The van der Waals surface area contributed by atoms with E-state index in [1.165, 1.54) is 23.3 Å². The Balaban J connectivity index is 1.75. The van der Waals surface area contributed by atoms with Crippen LogP contribution >= 0.6 is 0 Å². The summed E-state index contributed by atoms with van der Waals surface area (Å²) in [6, 6.07) is 4.49. The second kappa shape index (κ2) is 8.26. The largest absolute Gasteiger partial charge is 0.416 e. The van der Waals surface area contributed by atoms with E-state index >= 15 is 0 Å². The lowest BCUT2D eigenvalue weighted by Crippen LogP contribution is -2.56. The summed E-state index contributed by atoms with van der Waals surface area (Å²) in [5.41, 5.74) is -0.633. The minimum Gasteiger partial charge on any atom is -0.353 e. The first-order valence-electron chi connectivity index (χ1n) is 8.96. The highest BCUT2D eigenvalue weighted by molar-refractivity contribution is 5.88. The van der Waals surface area contributed by atoms with E-state index in [-0.39, 0.29) is 30.3 Å². The predicted octanol–water partition coefficient (Wildman–Crippen LogP) is 1.95. The number of carbonyl (C=O) groups is 2. The molecule has 2 heterocycles. The normalized spacial score (nSPS) is 21.8. The second-order valence-corrected chi connectivity index (χ2v) is 6.67. The molecule has 2 fully saturated rings. The number of hydrogen-bond donors (Lipinski definition) is 1. The Morgan fingerprint density at radius 1 is 1.22 bits per heavy atom. The number of carbonyl (C=O) groups excluding carboxylic acids is 2. The van der Waals surface area contributed by atoms with Gasteiger partial charge in [-0.2, -0.15) is 13.2 Å². The number of alkyl halides is 3. The summed E-state index contributed by atoms with van der Waals surface area (Å²) in [6.45, 7) is 1.56. The van der Waals surface area contributed by atoms with E-state index in [2.05, 4.69) is 5.32 Å². The highest BCUT2D eigenvalue weighted by Crippen LogP contribution is 2.32. The molecule has 0 aromatic heterocycles. The lowest BCUT2D eigenvalue weighted by Gasteiger charge is -2.36. The number of hydroxylamine groups is 2. The van der Waals surface area contributed by atoms with Crippen LogP contribution < -0.4 is 5.32 Å². The van der Waals surface area contributed by atoms with E-state index in [4.69, 9.17) is 4.84 Å². The molecule has 0 saturated carbocycles. The molecule has 1 N–H and O–H groups in total. The average Bonchev–Trinajstić information content (AvgIpc) is 2.65. The molecule has 3 rings (SSSR count). The summed E-state index contributed by atoms with van der Waals surface area (Å²) >= 11 is 0. The molecule has 0 radical (unpaired) electrons. The Morgan fingerprint density at radius 2 is 2.00 bits per heavy atom. The molecule has 148 valence electrons. The highest BCUT2D eigenvalue weighted by Gasteiger charge is 2.37. The first-order chi connectivity index (χ1) is 12.9. The van der Waals surface area contributed by atoms with E-state index < -0.39 is 17.8 Å². The molecule has 1 aromatic rings. The summed E-state index contributed by atoms with van der Waals surface area (Å²) in [5, 5.41) is 3.94. The third-order valence-corrected chi connectivity index (χ3v) is 4.79. The van der Waals surface area contributed by atoms with E-state index in [1.807, 2.05) is 0 Å². The van der Waals surface area contributed by atoms with Gasteiger partial charge in [0.15, 0.2) is 0 Å². The first-order valence-corrected chi connectivity index (χ1v) is 8.96. The quantitative estimate of drug-likeness (QED) is 0.861. The van der Waals surface area contributed by atoms with Gasteiger partial charge < -0.3 is 5.32 Å². The van der Waals surface area contributed by atoms with Crippen molar-refractivity contribution in [3.63, 3.8) is 0 Å². The summed E-state index contributed by atoms with van der Waals surface area (Å²) < 4.78 is 39.8. The Morgan fingerprint density at radius 3 is 2.70 bits per heavy atom. The van der Waals surface area contributed by atoms with Crippen molar-refractivity contribution in [2.24, 2.45) is 0 Å². The molecular weight excluding hydrogens is 363 g/mol. The van der Waals surface area contributed by atoms with Crippen LogP contribution in [0.15, 0.2) is 24.3 Å². The fourth-order valence-electron chi connectivity index (χ4n) is 3.39. The second-order valence-electron chi connectivity index (χ2n) is 6.67. The number of rotatable bonds is 4. The van der Waals surface area contributed by atoms with Gasteiger partial charge in [-0.25, -0.2) is 5.06 Å². The van der Waals surface area contributed by atoms with E-state index in [0.717, 1.165) is 18.9 Å². The van der Waals surface area contributed by atoms with Gasteiger partial charge in [-0.1, -0.05) is 18.2 Å². The fourth-order valence-corrected chi connectivity index (χ4v) is 3.39. The van der Waals surface area contributed by atoms with Gasteiger partial charge in [0.25, 0.3) is 0 Å². The molecule has 2 saturated heterocycles. The highest BCUT2D eigenvalue weighted by atomic mass is 19.4. The maximum Gasteiger partial charge on any atom is 0.416 e. The Kier molecular flexibility index (Phi) is 6.01. The zero-order valence-corrected chi connectivity index (χ0v) is 14.8. The molecule has 0 aliphatic carbocycles. The van der Waals surface area contributed by atoms with E-state index in [0.29, 0.717) is 26.2 Å². The molecule has 2 amide bonds. The maximum absolute atomic E-state index is 13.3. The van der Waals surface area contributed by atoms with Crippen LogP contribution in [0.25, 0.3) is 0 Å². The van der Waals surface area contributed by atoms with Gasteiger partial charge in [0, 0.05) is 26.2 Å². The van der Waals surface area contributed by atoms with Crippen molar-refractivity contribution in [1.82, 2.24) is 15.3 Å². The number of amides is 2. The third-order valence-electron chi connectivity index (χ3n) is 4.79. The minimum absolute atomic E-state index is 0.0537. The van der Waals surface area contributed by atoms with Crippen LogP contribution in [-0.4, -0.2) is 54.1 Å². The summed E-state index contributed by atoms with van der Waals surface area (Å²) in [6.07, 6.45) is -2.90. The molecule has 6 nitrogen and oxygen atoms in total. The van der Waals surface area contributed by atoms with Gasteiger partial charge in [-0.3, -0.25) is 19.3 Å². The van der Waals surface area contributed by atoms with Gasteiger partial charge in [-0.05, 0) is 24.5 Å². The van der Waals surface area contributed by atoms with Crippen molar-refractivity contribution < 1.29 is 27.6 Å². The number of piperazine rings is 1. The predicted molar refractivity (Wildman–Crippen MR) is 90.2 cm³/mol. The SMILES string of the molecule is O=C1NCCN(Cc2ccccc2C(F)(F)F)C1CC(=O)N1CCCCO1. The van der Waals surface area contributed by atoms with Crippen LogP contribution in [0, 0.1) is 0 Å². The Bertz CT molecular complexity index is 690. The summed E-state index contributed by atoms with van der Waals surface area (Å²) in [5.74, 6) is -0.679. The molecule has 2 aliphatic heterocycles. The van der Waals surface area contributed by atoms with Crippen LogP contribution in [0.3, 0.4) is 0 Å². The molecule has 1 unspecified atom stereocenters. The van der Waals surface area contributed by atoms with E-state index in [9.17, 15) is 22.8 Å². The number of hydrogen-bond acceptors (Lipinski definition) is 4. The topological polar surface area (TPSA) is 61.9 Å². The van der Waals surface area contributed by atoms with Crippen LogP contribution in [0.5, 0.6) is 0 Å². The molecule has 2 aliphatic rings. The van der Waals surface area contributed by atoms with Crippen LogP contribution in [-0.2, 0) is 27.1 Å². The monoisotopic (exact) mass is 385 g/mol. The van der Waals surface area contributed by atoms with Crippen LogP contribution in [0.4, 0.5) is 13.2 Å². The molecule has 1 atom stereocenters. The number of nitrogens with zero attached hydrogens (tertiary/aromatic N) is 2. The lowest BCUT2D eigenvalue weighted by atomic mass is 10.0. The standard InChI is InChI=1S/C18H22F3N3O3/c19-18(20,21)14-6-2-1-5-13(14)12-23-9-7-22-17(26)15(23)11-16(25)24-8-3-4-10-27-24/h1-2,5-6,15H,3-4,7-12H2,(H,22,26). The third kappa shape index (κ3) is 4.78. The van der Waals surface area contributed by atoms with Crippen molar-refractivity contribution in [2.45, 2.75) is 38.0 Å². The number of halogens is 3. The van der Waals surface area contributed by atoms with Gasteiger partial charge >= 0.3 is 6.18 Å². The molecule has 9 heteroatoms. The van der Waals surface area contributed by atoms with Gasteiger partial charge in [0.2, 0.25) is 11.8 Å². The zero-order valence-electron chi connectivity index (χ0n) is 14.8. The summed E-state index contributed by atoms with van der Waals surface area (Å²) in [7, 11) is 0.